The number of ether oxygens (including phenoxy) is 1. The first-order valence-corrected chi connectivity index (χ1v) is 45.4. The van der Waals surface area contributed by atoms with Gasteiger partial charge in [-0.25, -0.2) is 107 Å². The van der Waals surface area contributed by atoms with E-state index >= 15 is 0 Å². The van der Waals surface area contributed by atoms with Gasteiger partial charge < -0.3 is 39.1 Å². The van der Waals surface area contributed by atoms with Gasteiger partial charge in [-0.2, -0.15) is 0 Å². The van der Waals surface area contributed by atoms with E-state index < -0.39 is 19.9 Å². The number of anilines is 6. The molecule has 12 heterocycles. The predicted octanol–water partition coefficient (Wildman–Crippen LogP) is 14.2. The van der Waals surface area contributed by atoms with Crippen molar-refractivity contribution in [2.75, 3.05) is 54.0 Å². The molecule has 650 valence electrons. The van der Waals surface area contributed by atoms with Crippen LogP contribution in [-0.2, 0) is 58.4 Å². The Balaban J connectivity index is 0.000000203. The minimum Gasteiger partial charge on any atom is -0.481 e. The zero-order valence-electron chi connectivity index (χ0n) is 73.9. The maximum Gasteiger partial charge on any atom is 0.255 e. The van der Waals surface area contributed by atoms with Crippen molar-refractivity contribution in [3.05, 3.63) is 255 Å². The van der Waals surface area contributed by atoms with Crippen molar-refractivity contribution in [1.82, 2.24) is 89.7 Å². The third kappa shape index (κ3) is 29.3. The molecule has 12 aromatic heterocycles. The van der Waals surface area contributed by atoms with Gasteiger partial charge >= 0.3 is 0 Å². The number of methoxy groups -OCH3 is 1. The van der Waals surface area contributed by atoms with Gasteiger partial charge in [0.15, 0.2) is 19.9 Å². The maximum absolute atomic E-state index is 11.7. The third-order valence-corrected chi connectivity index (χ3v) is 22.4. The lowest BCUT2D eigenvalue weighted by atomic mass is 9.94. The second-order valence-corrected chi connectivity index (χ2v) is 36.6. The number of terminal acetylenes is 1. The monoisotopic (exact) mass is 1840 g/mol. The molecule has 0 aromatic carbocycles. The van der Waals surface area contributed by atoms with Gasteiger partial charge in [0.1, 0.15) is 79.2 Å². The lowest BCUT2D eigenvalue weighted by molar-refractivity contribution is 0.397. The van der Waals surface area contributed by atoms with E-state index in [1.54, 1.807) is 76.0 Å². The van der Waals surface area contributed by atoms with Crippen LogP contribution in [-0.4, -0.2) is 126 Å². The van der Waals surface area contributed by atoms with Crippen molar-refractivity contribution < 1.29 is 21.6 Å². The van der Waals surface area contributed by atoms with Crippen LogP contribution >= 0.6 is 34.4 Å². The van der Waals surface area contributed by atoms with E-state index in [0.29, 0.717) is 131 Å². The number of primary sulfonamides is 1. The summed E-state index contributed by atoms with van der Waals surface area (Å²) in [5.74, 6) is 12.2. The average Bonchev–Trinajstić information content (AvgIpc) is 0.808. The highest BCUT2D eigenvalue weighted by Gasteiger charge is 2.22. The Hall–Kier alpha value is -11.5. The van der Waals surface area contributed by atoms with Crippen LogP contribution in [0.3, 0.4) is 0 Å². The number of nitrogens with zero attached hydrogens (tertiary/aromatic N) is 18. The molecule has 0 amide bonds. The highest BCUT2D eigenvalue weighted by Crippen LogP contribution is 2.32. The van der Waals surface area contributed by atoms with Crippen molar-refractivity contribution >= 4 is 89.1 Å². The normalized spacial score (nSPS) is 11.2. The number of rotatable bonds is 22. The standard InChI is InChI=1S/C16H18N4.C15H20N4O2S.C15H20N4O.C15H20N4S.C14H17IN4.C14H19N5O2S/c1-5-14-7-12(15(9-19-14)10(2)3)6-13-8-18-11(4)20-16(13)17;1-9(2)13-8-18-14(22(4,20)21)6-11(13)5-12-7-17-10(3)19-15(12)16;2*1-9(2)13-8-18-14(20-4)6-11(13)5-12-7-17-10(3)19-15(12)16;1-8(2)12-7-18-13(15)5-10(12)4-11-6-17-9(3)19-14(11)16;1-8(2)12-7-18-13(22(16,20)21)5-10(12)4-11-6-17-9(3)19-14(11)15/h1,7-10H,6H2,2-4H3,(H2,17,18,20);6-9H,5H2,1-4H3,(H2,16,17,19);2*6-9H,5H2,1-4H3,(H2,16,17,19);5-8H,4H2,1-3H3,(H2,16,17,19);5-8H,4H2,1-3H3,(H2,15,17,19)(H2,16,20,21). The van der Waals surface area contributed by atoms with Gasteiger partial charge in [0.2, 0.25) is 5.88 Å². The largest absolute Gasteiger partial charge is 0.481 e. The zero-order valence-corrected chi connectivity index (χ0v) is 78.5. The molecule has 12 rings (SSSR count). The summed E-state index contributed by atoms with van der Waals surface area (Å²) >= 11 is 3.88. The summed E-state index contributed by atoms with van der Waals surface area (Å²) < 4.78 is 52.6. The molecule has 0 bridgehead atoms. The highest BCUT2D eigenvalue weighted by atomic mass is 127. The molecule has 0 fully saturated rings. The van der Waals surface area contributed by atoms with Crippen LogP contribution in [0.1, 0.15) is 259 Å². The van der Waals surface area contributed by atoms with Crippen molar-refractivity contribution in [3.8, 4) is 18.2 Å². The van der Waals surface area contributed by atoms with Gasteiger partial charge in [-0.3, -0.25) is 4.98 Å². The fourth-order valence-corrected chi connectivity index (χ4v) is 14.8. The van der Waals surface area contributed by atoms with Crippen LogP contribution in [0, 0.1) is 57.6 Å². The van der Waals surface area contributed by atoms with Crippen LogP contribution in [0.5, 0.6) is 5.88 Å². The summed E-state index contributed by atoms with van der Waals surface area (Å²) in [5, 5.41) is 6.09. The molecule has 30 nitrogen and oxygen atoms in total. The molecule has 12 aromatic rings. The molecule has 0 saturated heterocycles. The van der Waals surface area contributed by atoms with E-state index in [4.69, 9.17) is 50.7 Å². The van der Waals surface area contributed by atoms with Crippen molar-refractivity contribution in [2.24, 2.45) is 5.14 Å². The van der Waals surface area contributed by atoms with E-state index in [-0.39, 0.29) is 21.9 Å². The first-order chi connectivity index (χ1) is 57.9. The first kappa shape index (κ1) is 98.6. The fraction of sp³-hybridized carbons (Fsp3) is 0.371. The summed E-state index contributed by atoms with van der Waals surface area (Å²) in [6, 6.07) is 11.2. The lowest BCUT2D eigenvalue weighted by Crippen LogP contribution is -2.15. The van der Waals surface area contributed by atoms with E-state index in [9.17, 15) is 16.8 Å². The van der Waals surface area contributed by atoms with Crippen LogP contribution < -0.4 is 44.3 Å². The molecule has 0 aliphatic rings. The number of sulfonamides is 1. The molecule has 0 saturated carbocycles. The predicted molar refractivity (Wildman–Crippen MR) is 497 cm³/mol. The summed E-state index contributed by atoms with van der Waals surface area (Å²) in [5.41, 5.74) is 54.9. The molecule has 0 unspecified atom stereocenters. The SMILES string of the molecule is C#Cc1cc(Cc2cnc(C)nc2N)c(C(C)C)cn1.COc1cc(Cc2cnc(C)nc2N)c(C(C)C)cn1.CSc1cc(Cc2cnc(C)nc2N)c(C(C)C)cn1.Cc1ncc(Cc2cc(I)ncc2C(C)C)c(N)n1.Cc1ncc(Cc2cc(S(C)(=O)=O)ncc2C(C)C)c(N)n1.Cc1ncc(Cc2cc(S(N)(=O)=O)ncc2C(C)C)c(N)n1. The zero-order chi connectivity index (χ0) is 91.1. The Bertz CT molecular complexity index is 5710. The Labute approximate surface area is 741 Å². The van der Waals surface area contributed by atoms with Crippen LogP contribution in [0.2, 0.25) is 0 Å². The van der Waals surface area contributed by atoms with E-state index in [2.05, 4.69) is 186 Å². The number of hydrogen-bond donors (Lipinski definition) is 7. The Morgan fingerprint density at radius 3 is 0.902 bits per heavy atom. The summed E-state index contributed by atoms with van der Waals surface area (Å²) in [6.45, 7) is 36.2. The minimum atomic E-state index is -3.85. The number of pyridine rings is 6. The molecule has 0 radical (unpaired) electrons. The average molecular weight is 1840 g/mol. The molecule has 123 heavy (non-hydrogen) atoms. The van der Waals surface area contributed by atoms with Gasteiger partial charge in [-0.1, -0.05) is 89.0 Å². The van der Waals surface area contributed by atoms with E-state index in [0.717, 1.165) is 94.6 Å². The summed E-state index contributed by atoms with van der Waals surface area (Å²) in [4.78, 5) is 75.6. The quantitative estimate of drug-likeness (QED) is 0.0143. The number of halogens is 1. The van der Waals surface area contributed by atoms with Gasteiger partial charge in [0.05, 0.1) is 12.1 Å². The molecule has 34 heteroatoms. The highest BCUT2D eigenvalue weighted by molar-refractivity contribution is 14.1. The Morgan fingerprint density at radius 1 is 0.358 bits per heavy atom. The van der Waals surface area contributed by atoms with Crippen LogP contribution in [0.25, 0.3) is 0 Å². The summed E-state index contributed by atoms with van der Waals surface area (Å²) in [6.07, 6.45) is 33.7. The maximum atomic E-state index is 11.7. The van der Waals surface area contributed by atoms with Crippen molar-refractivity contribution in [3.63, 3.8) is 0 Å². The third-order valence-electron chi connectivity index (χ3n) is 19.4. The van der Waals surface area contributed by atoms with Gasteiger partial charge in [-0.05, 0) is 203 Å². The molecule has 0 aliphatic carbocycles. The molecule has 0 spiro atoms. The van der Waals surface area contributed by atoms with Crippen LogP contribution in [0.4, 0.5) is 34.9 Å². The Kier molecular flexibility index (Phi) is 36.1. The topological polar surface area (TPSA) is 492 Å². The first-order valence-electron chi connectivity index (χ1n) is 39.7. The second-order valence-electron chi connectivity index (χ2n) is 31.2. The molecular weight excluding hydrogens is 1720 g/mol. The fourth-order valence-electron chi connectivity index (χ4n) is 12.8. The number of aromatic nitrogens is 18. The molecule has 0 aliphatic heterocycles. The molecular formula is C89H114IN25O5S3. The summed E-state index contributed by atoms with van der Waals surface area (Å²) in [7, 11) is -5.59. The van der Waals surface area contributed by atoms with Crippen molar-refractivity contribution in [1.29, 1.82) is 0 Å². The number of thioether (sulfide) groups is 1. The smallest absolute Gasteiger partial charge is 0.255 e. The van der Waals surface area contributed by atoms with Gasteiger partial charge in [-0.15, -0.1) is 18.2 Å². The number of hydrogen-bond acceptors (Lipinski definition) is 30. The molecule has 14 N–H and O–H groups in total. The van der Waals surface area contributed by atoms with E-state index in [1.807, 2.05) is 111 Å². The van der Waals surface area contributed by atoms with Gasteiger partial charge in [0.25, 0.3) is 10.0 Å². The number of nitrogen functional groups attached to an aromatic ring is 6. The van der Waals surface area contributed by atoms with Gasteiger partial charge in [0, 0.05) is 159 Å². The Morgan fingerprint density at radius 2 is 0.618 bits per heavy atom. The van der Waals surface area contributed by atoms with Crippen molar-refractivity contribution in [2.45, 2.75) is 214 Å². The van der Waals surface area contributed by atoms with E-state index in [1.165, 1.54) is 39.4 Å². The second kappa shape index (κ2) is 45.0. The van der Waals surface area contributed by atoms with Crippen LogP contribution in [0.15, 0.2) is 126 Å². The lowest BCUT2D eigenvalue weighted by Gasteiger charge is -2.14. The minimum absolute atomic E-state index is 0.0681. The number of aryl methyl sites for hydroxylation is 6. The molecule has 0 atom stereocenters. The number of sulfone groups is 1. The number of nitrogens with two attached hydrogens (primary N) is 7.